The van der Waals surface area contributed by atoms with Gasteiger partial charge in [0.05, 0.1) is 11.7 Å². The molecule has 318 valence electrons. The lowest BCUT2D eigenvalue weighted by molar-refractivity contribution is 0.611. The van der Waals surface area contributed by atoms with E-state index < -0.39 is 0 Å². The van der Waals surface area contributed by atoms with Gasteiger partial charge in [-0.05, 0) is 117 Å². The predicted molar refractivity (Wildman–Crippen MR) is 281 cm³/mol. The quantitative estimate of drug-likeness (QED) is 0.152. The van der Waals surface area contributed by atoms with Crippen LogP contribution >= 0.6 is 0 Å². The van der Waals surface area contributed by atoms with Gasteiger partial charge in [0.2, 0.25) is 0 Å². The van der Waals surface area contributed by atoms with Crippen LogP contribution in [0.2, 0.25) is 0 Å². The van der Waals surface area contributed by atoms with Crippen molar-refractivity contribution < 1.29 is 8.83 Å². The van der Waals surface area contributed by atoms with E-state index in [4.69, 9.17) is 8.83 Å². The molecule has 0 N–H and O–H groups in total. The molecular formula is C63H44N2O2. The minimum Gasteiger partial charge on any atom is -0.452 e. The van der Waals surface area contributed by atoms with Crippen molar-refractivity contribution in [3.05, 3.63) is 242 Å². The molecule has 2 aromatic heterocycles. The summed E-state index contributed by atoms with van der Waals surface area (Å²) in [6, 6.07) is 78.0. The molecule has 0 saturated heterocycles. The van der Waals surface area contributed by atoms with Crippen molar-refractivity contribution in [2.75, 3.05) is 9.80 Å². The molecule has 0 bridgehead atoms. The fraction of sp³-hybridized carbons (Fsp3) is 0.0476. The molecule has 0 spiro atoms. The summed E-state index contributed by atoms with van der Waals surface area (Å²) in [4.78, 5) is 4.81. The van der Waals surface area contributed by atoms with Crippen LogP contribution in [0.4, 0.5) is 28.4 Å². The first-order valence-corrected chi connectivity index (χ1v) is 23.1. The normalized spacial score (nSPS) is 15.0. The van der Waals surface area contributed by atoms with Gasteiger partial charge in [0.1, 0.15) is 11.2 Å². The van der Waals surface area contributed by atoms with Crippen molar-refractivity contribution in [3.8, 4) is 11.1 Å². The fourth-order valence-corrected chi connectivity index (χ4v) is 10.5. The summed E-state index contributed by atoms with van der Waals surface area (Å²) in [5, 5.41) is 8.80. The van der Waals surface area contributed by atoms with Gasteiger partial charge in [0, 0.05) is 55.7 Å². The maximum absolute atomic E-state index is 7.04. The second-order valence-electron chi connectivity index (χ2n) is 17.7. The van der Waals surface area contributed by atoms with Crippen LogP contribution in [-0.2, 0) is 0 Å². The minimum absolute atomic E-state index is 0.0665. The average Bonchev–Trinajstić information content (AvgIpc) is 3.96. The van der Waals surface area contributed by atoms with Crippen molar-refractivity contribution in [3.63, 3.8) is 0 Å². The fourth-order valence-electron chi connectivity index (χ4n) is 10.5. The van der Waals surface area contributed by atoms with E-state index in [0.29, 0.717) is 0 Å². The molecule has 67 heavy (non-hydrogen) atoms. The maximum Gasteiger partial charge on any atom is 0.178 e. The monoisotopic (exact) mass is 860 g/mol. The standard InChI is InChI=1S/C63H44N2O2/c1-41-36-45(43-18-8-3-9-19-43)29-35-57(41)65(49-22-12-5-13-23-49)58-40-60-61(53-25-15-14-24-52(53)58)55-34-33-54-56-38-46-28-32-51(37-47(46)39-59(56)66-62(54)63(55)67-60)64(48-20-10-4-11-21-48)50-30-26-44(27-31-50)42-16-6-2-7-17-42/h2-41,57H,1H3. The van der Waals surface area contributed by atoms with Crippen molar-refractivity contribution in [2.45, 2.75) is 13.0 Å². The second kappa shape index (κ2) is 15.8. The highest BCUT2D eigenvalue weighted by molar-refractivity contribution is 6.27. The minimum atomic E-state index is 0.0665. The first-order valence-electron chi connectivity index (χ1n) is 23.1. The van der Waals surface area contributed by atoms with Crippen LogP contribution in [0.5, 0.6) is 0 Å². The van der Waals surface area contributed by atoms with Crippen molar-refractivity contribution in [2.24, 2.45) is 5.92 Å². The summed E-state index contributed by atoms with van der Waals surface area (Å²) < 4.78 is 14.0. The molecule has 2 atom stereocenters. The summed E-state index contributed by atoms with van der Waals surface area (Å²) >= 11 is 0. The molecule has 12 aromatic rings. The summed E-state index contributed by atoms with van der Waals surface area (Å²) in [6.45, 7) is 2.32. The molecule has 1 aliphatic rings. The topological polar surface area (TPSA) is 32.8 Å². The number of hydrogen-bond donors (Lipinski definition) is 0. The van der Waals surface area contributed by atoms with Gasteiger partial charge in [0.15, 0.2) is 11.2 Å². The van der Waals surface area contributed by atoms with Gasteiger partial charge in [-0.1, -0.05) is 165 Å². The van der Waals surface area contributed by atoms with Crippen LogP contribution in [0.1, 0.15) is 12.5 Å². The van der Waals surface area contributed by atoms with E-state index in [9.17, 15) is 0 Å². The summed E-state index contributed by atoms with van der Waals surface area (Å²) in [5.74, 6) is 0.222. The summed E-state index contributed by atoms with van der Waals surface area (Å²) in [6.07, 6.45) is 7.06. The number of fused-ring (bicyclic) bond motifs is 10. The molecule has 10 aromatic carbocycles. The van der Waals surface area contributed by atoms with Crippen LogP contribution < -0.4 is 9.80 Å². The highest BCUT2D eigenvalue weighted by Crippen LogP contribution is 2.47. The molecule has 2 heterocycles. The molecule has 4 nitrogen and oxygen atoms in total. The van der Waals surface area contributed by atoms with E-state index in [1.165, 1.54) is 27.6 Å². The predicted octanol–water partition coefficient (Wildman–Crippen LogP) is 17.7. The average molecular weight is 861 g/mol. The van der Waals surface area contributed by atoms with Gasteiger partial charge in [-0.3, -0.25) is 0 Å². The Kier molecular flexibility index (Phi) is 9.17. The van der Waals surface area contributed by atoms with Crippen LogP contribution in [0.3, 0.4) is 0 Å². The van der Waals surface area contributed by atoms with E-state index in [-0.39, 0.29) is 12.0 Å². The van der Waals surface area contributed by atoms with Crippen molar-refractivity contribution in [1.29, 1.82) is 0 Å². The third-order valence-corrected chi connectivity index (χ3v) is 13.7. The maximum atomic E-state index is 7.04. The molecule has 0 amide bonds. The number of anilines is 5. The van der Waals surface area contributed by atoms with Crippen LogP contribution in [0.25, 0.3) is 82.1 Å². The molecule has 0 radical (unpaired) electrons. The highest BCUT2D eigenvalue weighted by atomic mass is 16.4. The van der Waals surface area contributed by atoms with E-state index in [1.807, 2.05) is 0 Å². The van der Waals surface area contributed by atoms with Gasteiger partial charge in [-0.2, -0.15) is 0 Å². The molecule has 2 unspecified atom stereocenters. The van der Waals surface area contributed by atoms with E-state index in [2.05, 4.69) is 253 Å². The number of hydrogen-bond acceptors (Lipinski definition) is 4. The third-order valence-electron chi connectivity index (χ3n) is 13.7. The van der Waals surface area contributed by atoms with Gasteiger partial charge < -0.3 is 18.6 Å². The zero-order chi connectivity index (χ0) is 44.4. The van der Waals surface area contributed by atoms with Gasteiger partial charge in [-0.15, -0.1) is 0 Å². The zero-order valence-electron chi connectivity index (χ0n) is 36.9. The Labute approximate surface area is 388 Å². The summed E-state index contributed by atoms with van der Waals surface area (Å²) in [5.41, 5.74) is 13.5. The lowest BCUT2D eigenvalue weighted by Crippen LogP contribution is -2.35. The first kappa shape index (κ1) is 38.8. The van der Waals surface area contributed by atoms with Crippen LogP contribution in [0, 0.1) is 5.92 Å². The van der Waals surface area contributed by atoms with Gasteiger partial charge in [0.25, 0.3) is 0 Å². The van der Waals surface area contributed by atoms with E-state index in [0.717, 1.165) is 88.5 Å². The van der Waals surface area contributed by atoms with Crippen molar-refractivity contribution >= 4 is 99.4 Å². The molecule has 0 aliphatic heterocycles. The molecule has 13 rings (SSSR count). The zero-order valence-corrected chi connectivity index (χ0v) is 36.9. The van der Waals surface area contributed by atoms with Crippen LogP contribution in [0.15, 0.2) is 245 Å². The lowest BCUT2D eigenvalue weighted by Gasteiger charge is -2.37. The van der Waals surface area contributed by atoms with Gasteiger partial charge in [-0.25, -0.2) is 0 Å². The Bertz CT molecular complexity index is 3870. The number of benzene rings is 10. The largest absolute Gasteiger partial charge is 0.452 e. The molecule has 0 saturated carbocycles. The molecule has 4 heteroatoms. The Morgan fingerprint density at radius 2 is 0.985 bits per heavy atom. The lowest BCUT2D eigenvalue weighted by atomic mass is 9.88. The number of allylic oxidation sites excluding steroid dienone is 2. The SMILES string of the molecule is CC1C=C(c2ccccc2)C=CC1N(c1ccccc1)c1cc2oc3c(ccc4c5cc6ccc(N(c7ccccc7)c7ccc(-c8ccccc8)cc7)cc6cc5oc43)c2c2ccccc12. The third kappa shape index (κ3) is 6.60. The number of furan rings is 2. The first-order chi connectivity index (χ1) is 33.1. The number of nitrogens with zero attached hydrogens (tertiary/aromatic N) is 2. The van der Waals surface area contributed by atoms with E-state index >= 15 is 0 Å². The molecule has 0 fully saturated rings. The second-order valence-corrected chi connectivity index (χ2v) is 17.7. The number of para-hydroxylation sites is 2. The summed E-state index contributed by atoms with van der Waals surface area (Å²) in [7, 11) is 0. The Morgan fingerprint density at radius 3 is 1.72 bits per heavy atom. The Balaban J connectivity index is 0.933. The smallest absolute Gasteiger partial charge is 0.178 e. The van der Waals surface area contributed by atoms with E-state index in [1.54, 1.807) is 0 Å². The highest BCUT2D eigenvalue weighted by Gasteiger charge is 2.29. The molecular weight excluding hydrogens is 817 g/mol. The van der Waals surface area contributed by atoms with Gasteiger partial charge >= 0.3 is 0 Å². The van der Waals surface area contributed by atoms with Crippen LogP contribution in [-0.4, -0.2) is 6.04 Å². The number of rotatable bonds is 8. The molecule has 1 aliphatic carbocycles. The Hall–Kier alpha value is -8.60. The Morgan fingerprint density at radius 1 is 0.403 bits per heavy atom. The van der Waals surface area contributed by atoms with Crippen molar-refractivity contribution in [1.82, 2.24) is 0 Å².